The van der Waals surface area contributed by atoms with E-state index in [9.17, 15) is 0 Å². The summed E-state index contributed by atoms with van der Waals surface area (Å²) in [5.74, 6) is 0. The molecular weight excluding hydrogens is 186 g/mol. The van der Waals surface area contributed by atoms with Crippen LogP contribution in [-0.2, 0) is 0 Å². The lowest BCUT2D eigenvalue weighted by Crippen LogP contribution is -2.37. The van der Waals surface area contributed by atoms with Crippen molar-refractivity contribution in [1.29, 1.82) is 0 Å². The maximum absolute atomic E-state index is 5.87. The molecule has 3 N–H and O–H groups in total. The van der Waals surface area contributed by atoms with Crippen molar-refractivity contribution >= 4 is 0 Å². The van der Waals surface area contributed by atoms with Crippen LogP contribution in [0.4, 0.5) is 0 Å². The van der Waals surface area contributed by atoms with Crippen LogP contribution in [-0.4, -0.2) is 44.2 Å². The molecule has 3 nitrogen and oxygen atoms in total. The van der Waals surface area contributed by atoms with Crippen LogP contribution in [0.25, 0.3) is 0 Å². The molecule has 1 rings (SSSR count). The highest BCUT2D eigenvalue weighted by molar-refractivity contribution is 4.78. The van der Waals surface area contributed by atoms with Crippen LogP contribution in [0.15, 0.2) is 0 Å². The van der Waals surface area contributed by atoms with E-state index in [-0.39, 0.29) is 0 Å². The third kappa shape index (κ3) is 6.13. The van der Waals surface area contributed by atoms with E-state index in [1.807, 2.05) is 0 Å². The maximum atomic E-state index is 5.87. The van der Waals surface area contributed by atoms with Gasteiger partial charge in [-0.1, -0.05) is 0 Å². The lowest BCUT2D eigenvalue weighted by molar-refractivity contribution is 0.335. The molecule has 0 unspecified atom stereocenters. The molecule has 0 radical (unpaired) electrons. The lowest BCUT2D eigenvalue weighted by Gasteiger charge is -2.27. The van der Waals surface area contributed by atoms with Gasteiger partial charge in [0.15, 0.2) is 0 Å². The Labute approximate surface area is 94.4 Å². The summed E-state index contributed by atoms with van der Waals surface area (Å²) in [6.45, 7) is 2.38. The predicted molar refractivity (Wildman–Crippen MR) is 66.0 cm³/mol. The van der Waals surface area contributed by atoms with Gasteiger partial charge in [0.2, 0.25) is 0 Å². The number of unbranched alkanes of at least 4 members (excludes halogenated alkanes) is 1. The van der Waals surface area contributed by atoms with Gasteiger partial charge in [-0.25, -0.2) is 0 Å². The van der Waals surface area contributed by atoms with Crippen molar-refractivity contribution in [2.45, 2.75) is 50.6 Å². The van der Waals surface area contributed by atoms with Crippen molar-refractivity contribution < 1.29 is 0 Å². The molecule has 1 aliphatic rings. The van der Waals surface area contributed by atoms with Crippen molar-refractivity contribution in [2.24, 2.45) is 5.73 Å². The molecule has 1 saturated carbocycles. The highest BCUT2D eigenvalue weighted by Crippen LogP contribution is 2.16. The average Bonchev–Trinajstić information content (AvgIpc) is 2.20. The monoisotopic (exact) mass is 213 g/mol. The van der Waals surface area contributed by atoms with Gasteiger partial charge in [-0.15, -0.1) is 0 Å². The summed E-state index contributed by atoms with van der Waals surface area (Å²) >= 11 is 0. The maximum Gasteiger partial charge on any atom is 0.00682 e. The summed E-state index contributed by atoms with van der Waals surface area (Å²) in [7, 11) is 4.27. The normalized spacial score (nSPS) is 27.2. The molecule has 0 atom stereocenters. The Morgan fingerprint density at radius 2 is 1.80 bits per heavy atom. The quantitative estimate of drug-likeness (QED) is 0.651. The highest BCUT2D eigenvalue weighted by atomic mass is 15.0. The Morgan fingerprint density at radius 1 is 1.13 bits per heavy atom. The first-order valence-electron chi connectivity index (χ1n) is 6.32. The number of nitrogens with one attached hydrogen (secondary N) is 1. The Hall–Kier alpha value is -0.120. The summed E-state index contributed by atoms with van der Waals surface area (Å²) in [4.78, 5) is 2.25. The fraction of sp³-hybridized carbons (Fsp3) is 1.00. The summed E-state index contributed by atoms with van der Waals surface area (Å²) in [6.07, 6.45) is 7.54. The second kappa shape index (κ2) is 7.20. The van der Waals surface area contributed by atoms with Crippen LogP contribution in [0.5, 0.6) is 0 Å². The van der Waals surface area contributed by atoms with Gasteiger partial charge in [0.25, 0.3) is 0 Å². The molecule has 0 aromatic rings. The van der Waals surface area contributed by atoms with E-state index in [4.69, 9.17) is 5.73 Å². The van der Waals surface area contributed by atoms with Crippen LogP contribution in [0.2, 0.25) is 0 Å². The lowest BCUT2D eigenvalue weighted by atomic mass is 9.92. The zero-order valence-corrected chi connectivity index (χ0v) is 10.3. The Bertz CT molecular complexity index is 151. The van der Waals surface area contributed by atoms with E-state index in [1.165, 1.54) is 51.6 Å². The summed E-state index contributed by atoms with van der Waals surface area (Å²) in [5.41, 5.74) is 5.87. The number of nitrogens with two attached hydrogens (primary N) is 1. The molecule has 0 bridgehead atoms. The highest BCUT2D eigenvalue weighted by Gasteiger charge is 2.17. The Balaban J connectivity index is 1.91. The van der Waals surface area contributed by atoms with Gasteiger partial charge < -0.3 is 16.0 Å². The Kier molecular flexibility index (Phi) is 6.22. The van der Waals surface area contributed by atoms with Crippen LogP contribution in [0.1, 0.15) is 38.5 Å². The van der Waals surface area contributed by atoms with Crippen LogP contribution in [0.3, 0.4) is 0 Å². The largest absolute Gasteiger partial charge is 0.328 e. The van der Waals surface area contributed by atoms with E-state index in [0.717, 1.165) is 6.04 Å². The first-order chi connectivity index (χ1) is 7.18. The molecule has 0 heterocycles. The van der Waals surface area contributed by atoms with Crippen LogP contribution in [0, 0.1) is 0 Å². The SMILES string of the molecule is CN(C)CCCCNC1CCC(N)CC1. The van der Waals surface area contributed by atoms with Gasteiger partial charge in [0.05, 0.1) is 0 Å². The van der Waals surface area contributed by atoms with Gasteiger partial charge >= 0.3 is 0 Å². The third-order valence-corrected chi connectivity index (χ3v) is 3.24. The van der Waals surface area contributed by atoms with E-state index in [2.05, 4.69) is 24.3 Å². The molecule has 1 fully saturated rings. The predicted octanol–water partition coefficient (Wildman–Crippen LogP) is 1.19. The second-order valence-electron chi connectivity index (χ2n) is 5.08. The van der Waals surface area contributed by atoms with Gasteiger partial charge in [0, 0.05) is 12.1 Å². The van der Waals surface area contributed by atoms with Gasteiger partial charge in [0.1, 0.15) is 0 Å². The Morgan fingerprint density at radius 3 is 2.40 bits per heavy atom. The third-order valence-electron chi connectivity index (χ3n) is 3.24. The number of nitrogens with zero attached hydrogens (tertiary/aromatic N) is 1. The number of rotatable bonds is 6. The van der Waals surface area contributed by atoms with Crippen molar-refractivity contribution in [2.75, 3.05) is 27.2 Å². The fourth-order valence-corrected chi connectivity index (χ4v) is 2.18. The van der Waals surface area contributed by atoms with E-state index >= 15 is 0 Å². The standard InChI is InChI=1S/C12H27N3/c1-15(2)10-4-3-9-14-12-7-5-11(13)6-8-12/h11-12,14H,3-10,13H2,1-2H3. The summed E-state index contributed by atoms with van der Waals surface area (Å²) in [6, 6.07) is 1.21. The minimum atomic E-state index is 0.469. The van der Waals surface area contributed by atoms with Crippen LogP contribution >= 0.6 is 0 Å². The van der Waals surface area contributed by atoms with Gasteiger partial charge in [-0.2, -0.15) is 0 Å². The molecule has 15 heavy (non-hydrogen) atoms. The van der Waals surface area contributed by atoms with Crippen LogP contribution < -0.4 is 11.1 Å². The van der Waals surface area contributed by atoms with Crippen molar-refractivity contribution in [3.63, 3.8) is 0 Å². The van der Waals surface area contributed by atoms with Gasteiger partial charge in [-0.3, -0.25) is 0 Å². The smallest absolute Gasteiger partial charge is 0.00682 e. The molecule has 90 valence electrons. The van der Waals surface area contributed by atoms with E-state index < -0.39 is 0 Å². The van der Waals surface area contributed by atoms with Crippen molar-refractivity contribution in [3.8, 4) is 0 Å². The molecule has 0 aromatic heterocycles. The van der Waals surface area contributed by atoms with Crippen molar-refractivity contribution in [3.05, 3.63) is 0 Å². The van der Waals surface area contributed by atoms with E-state index in [0.29, 0.717) is 6.04 Å². The molecule has 0 amide bonds. The molecule has 1 aliphatic carbocycles. The van der Waals surface area contributed by atoms with Crippen molar-refractivity contribution in [1.82, 2.24) is 10.2 Å². The zero-order valence-electron chi connectivity index (χ0n) is 10.3. The molecular formula is C12H27N3. The number of hydrogen-bond acceptors (Lipinski definition) is 3. The molecule has 3 heteroatoms. The summed E-state index contributed by atoms with van der Waals surface area (Å²) < 4.78 is 0. The summed E-state index contributed by atoms with van der Waals surface area (Å²) in [5, 5.41) is 3.64. The fourth-order valence-electron chi connectivity index (χ4n) is 2.18. The van der Waals surface area contributed by atoms with E-state index in [1.54, 1.807) is 0 Å². The first-order valence-corrected chi connectivity index (χ1v) is 6.32. The molecule has 0 aromatic carbocycles. The molecule has 0 spiro atoms. The van der Waals surface area contributed by atoms with Gasteiger partial charge in [-0.05, 0) is 65.7 Å². The first kappa shape index (κ1) is 12.9. The minimum absolute atomic E-state index is 0.469. The number of hydrogen-bond donors (Lipinski definition) is 2. The molecule has 0 saturated heterocycles. The molecule has 0 aliphatic heterocycles. The average molecular weight is 213 g/mol. The minimum Gasteiger partial charge on any atom is -0.328 e. The second-order valence-corrected chi connectivity index (χ2v) is 5.08. The zero-order chi connectivity index (χ0) is 11.1. The topological polar surface area (TPSA) is 41.3 Å².